The molecule has 0 radical (unpaired) electrons. The summed E-state index contributed by atoms with van der Waals surface area (Å²) in [6, 6.07) is 3.42. The molecule has 3 N–H and O–H groups in total. The van der Waals surface area contributed by atoms with Crippen LogP contribution in [0, 0.1) is 5.82 Å². The van der Waals surface area contributed by atoms with Gasteiger partial charge in [-0.3, -0.25) is 5.10 Å². The third-order valence-electron chi connectivity index (χ3n) is 2.36. The van der Waals surface area contributed by atoms with Gasteiger partial charge >= 0.3 is 0 Å². The predicted molar refractivity (Wildman–Crippen MR) is 62.7 cm³/mol. The van der Waals surface area contributed by atoms with Gasteiger partial charge in [0.2, 0.25) is 10.0 Å². The van der Waals surface area contributed by atoms with Crippen LogP contribution in [0.4, 0.5) is 4.39 Å². The lowest BCUT2D eigenvalue weighted by atomic mass is 10.2. The molecule has 0 aliphatic carbocycles. The van der Waals surface area contributed by atoms with Crippen LogP contribution in [-0.4, -0.2) is 28.7 Å². The third kappa shape index (κ3) is 3.13. The summed E-state index contributed by atoms with van der Waals surface area (Å²) < 4.78 is 39.6. The largest absolute Gasteiger partial charge is 0.392 e. The van der Waals surface area contributed by atoms with Crippen molar-refractivity contribution in [2.75, 3.05) is 0 Å². The van der Waals surface area contributed by atoms with Crippen LogP contribution in [-0.2, 0) is 23.2 Å². The molecule has 0 atom stereocenters. The Bertz CT molecular complexity index is 657. The van der Waals surface area contributed by atoms with Gasteiger partial charge in [-0.2, -0.15) is 5.10 Å². The molecule has 19 heavy (non-hydrogen) atoms. The average molecular weight is 286 g/mol. The highest BCUT2D eigenvalue weighted by Gasteiger charge is 2.19. The molecular weight excluding hydrogens is 275 g/mol. The molecular formula is C10H11FN4O3S. The Morgan fingerprint density at radius 3 is 2.79 bits per heavy atom. The molecule has 0 spiro atoms. The number of aromatic nitrogens is 3. The van der Waals surface area contributed by atoms with Gasteiger partial charge in [0, 0.05) is 0 Å². The highest BCUT2D eigenvalue weighted by molar-refractivity contribution is 7.89. The van der Waals surface area contributed by atoms with E-state index in [4.69, 9.17) is 5.11 Å². The first-order valence-corrected chi connectivity index (χ1v) is 6.74. The van der Waals surface area contributed by atoms with Crippen molar-refractivity contribution in [1.82, 2.24) is 19.9 Å². The number of hydrogen-bond donors (Lipinski definition) is 3. The minimum Gasteiger partial charge on any atom is -0.392 e. The van der Waals surface area contributed by atoms with Gasteiger partial charge in [-0.25, -0.2) is 22.5 Å². The second-order valence-electron chi connectivity index (χ2n) is 3.68. The zero-order valence-electron chi connectivity index (χ0n) is 9.67. The number of benzene rings is 1. The fraction of sp³-hybridized carbons (Fsp3) is 0.200. The summed E-state index contributed by atoms with van der Waals surface area (Å²) in [6.07, 6.45) is 1.24. The number of rotatable bonds is 5. The molecule has 1 heterocycles. The molecule has 0 saturated heterocycles. The van der Waals surface area contributed by atoms with Crippen molar-refractivity contribution in [1.29, 1.82) is 0 Å². The Hall–Kier alpha value is -1.84. The Kier molecular flexibility index (Phi) is 3.88. The van der Waals surface area contributed by atoms with E-state index >= 15 is 0 Å². The van der Waals surface area contributed by atoms with Crippen molar-refractivity contribution in [3.8, 4) is 0 Å². The zero-order valence-corrected chi connectivity index (χ0v) is 10.5. The van der Waals surface area contributed by atoms with Gasteiger partial charge in [-0.15, -0.1) is 0 Å². The second kappa shape index (κ2) is 5.43. The van der Waals surface area contributed by atoms with Gasteiger partial charge in [0.15, 0.2) is 0 Å². The Morgan fingerprint density at radius 1 is 1.42 bits per heavy atom. The van der Waals surface area contributed by atoms with E-state index in [1.807, 2.05) is 0 Å². The lowest BCUT2D eigenvalue weighted by molar-refractivity contribution is 0.281. The predicted octanol–water partition coefficient (Wildman–Crippen LogP) is -0.0854. The van der Waals surface area contributed by atoms with E-state index in [1.54, 1.807) is 0 Å². The molecule has 0 amide bonds. The first-order valence-electron chi connectivity index (χ1n) is 5.26. The molecule has 1 aromatic carbocycles. The summed E-state index contributed by atoms with van der Waals surface area (Å²) in [6.45, 7) is -0.480. The molecule has 1 aromatic heterocycles. The van der Waals surface area contributed by atoms with Crippen LogP contribution in [0.5, 0.6) is 0 Å². The number of halogens is 1. The van der Waals surface area contributed by atoms with E-state index in [9.17, 15) is 12.8 Å². The molecule has 0 aliphatic heterocycles. The molecule has 0 bridgehead atoms. The first kappa shape index (κ1) is 13.6. The number of aromatic amines is 1. The van der Waals surface area contributed by atoms with Crippen molar-refractivity contribution in [3.63, 3.8) is 0 Å². The summed E-state index contributed by atoms with van der Waals surface area (Å²) in [4.78, 5) is 3.26. The summed E-state index contributed by atoms with van der Waals surface area (Å²) >= 11 is 0. The van der Waals surface area contributed by atoms with Crippen molar-refractivity contribution < 1.29 is 17.9 Å². The van der Waals surface area contributed by atoms with Crippen molar-refractivity contribution >= 4 is 10.0 Å². The molecule has 102 valence electrons. The van der Waals surface area contributed by atoms with Gasteiger partial charge in [0.1, 0.15) is 22.9 Å². The maximum absolute atomic E-state index is 13.6. The van der Waals surface area contributed by atoms with Gasteiger partial charge in [0.05, 0.1) is 13.2 Å². The maximum Gasteiger partial charge on any atom is 0.243 e. The zero-order chi connectivity index (χ0) is 13.9. The molecule has 2 rings (SSSR count). The lowest BCUT2D eigenvalue weighted by Gasteiger charge is -2.07. The highest BCUT2D eigenvalue weighted by atomic mass is 32.2. The van der Waals surface area contributed by atoms with E-state index in [0.717, 1.165) is 12.1 Å². The summed E-state index contributed by atoms with van der Waals surface area (Å²) in [5.74, 6) is -0.604. The number of hydrogen-bond acceptors (Lipinski definition) is 5. The van der Waals surface area contributed by atoms with Crippen LogP contribution in [0.15, 0.2) is 29.4 Å². The van der Waals surface area contributed by atoms with Crippen LogP contribution in [0.1, 0.15) is 11.4 Å². The van der Waals surface area contributed by atoms with Gasteiger partial charge in [-0.1, -0.05) is 6.07 Å². The monoisotopic (exact) mass is 286 g/mol. The van der Waals surface area contributed by atoms with Gasteiger partial charge < -0.3 is 5.11 Å². The first-order chi connectivity index (χ1) is 9.03. The molecule has 0 aliphatic rings. The molecule has 0 saturated carbocycles. The standard InChI is InChI=1S/C10H11FN4O3S/c11-8-3-7(5-16)1-2-9(8)19(17,18)14-4-10-12-6-13-15-10/h1-3,6,14,16H,4-5H2,(H,12,13,15). The van der Waals surface area contributed by atoms with Crippen molar-refractivity contribution in [3.05, 3.63) is 41.7 Å². The molecule has 7 nitrogen and oxygen atoms in total. The number of H-pyrrole nitrogens is 1. The fourth-order valence-corrected chi connectivity index (χ4v) is 2.46. The van der Waals surface area contributed by atoms with E-state index in [-0.39, 0.29) is 13.2 Å². The average Bonchev–Trinajstić information content (AvgIpc) is 2.89. The van der Waals surface area contributed by atoms with Crippen molar-refractivity contribution in [2.45, 2.75) is 18.0 Å². The molecule has 2 aromatic rings. The second-order valence-corrected chi connectivity index (χ2v) is 5.41. The number of nitrogens with zero attached hydrogens (tertiary/aromatic N) is 2. The van der Waals surface area contributed by atoms with E-state index in [0.29, 0.717) is 11.4 Å². The Balaban J connectivity index is 2.19. The van der Waals surface area contributed by atoms with Crippen molar-refractivity contribution in [2.24, 2.45) is 0 Å². The Morgan fingerprint density at radius 2 is 2.21 bits per heavy atom. The lowest BCUT2D eigenvalue weighted by Crippen LogP contribution is -2.24. The molecule has 0 fully saturated rings. The van der Waals surface area contributed by atoms with Crippen LogP contribution in [0.25, 0.3) is 0 Å². The summed E-state index contributed by atoms with van der Waals surface area (Å²) in [7, 11) is -3.99. The molecule has 0 unspecified atom stereocenters. The van der Waals surface area contributed by atoms with E-state index in [1.165, 1.54) is 12.4 Å². The maximum atomic E-state index is 13.6. The van der Waals surface area contributed by atoms with Crippen LogP contribution < -0.4 is 4.72 Å². The minimum absolute atomic E-state index is 0.122. The highest BCUT2D eigenvalue weighted by Crippen LogP contribution is 2.16. The van der Waals surface area contributed by atoms with Crippen LogP contribution in [0.3, 0.4) is 0 Å². The summed E-state index contributed by atoms with van der Waals surface area (Å²) in [5, 5.41) is 14.9. The smallest absolute Gasteiger partial charge is 0.243 e. The topological polar surface area (TPSA) is 108 Å². The van der Waals surface area contributed by atoms with Gasteiger partial charge in [-0.05, 0) is 17.7 Å². The quantitative estimate of drug-likeness (QED) is 0.712. The van der Waals surface area contributed by atoms with E-state index < -0.39 is 20.7 Å². The van der Waals surface area contributed by atoms with Gasteiger partial charge in [0.25, 0.3) is 0 Å². The number of aliphatic hydroxyl groups is 1. The molecule has 9 heteroatoms. The van der Waals surface area contributed by atoms with Crippen LogP contribution >= 0.6 is 0 Å². The Labute approximate surface area is 108 Å². The number of aliphatic hydroxyl groups excluding tert-OH is 1. The number of sulfonamides is 1. The SMILES string of the molecule is O=S(=O)(NCc1ncn[nH]1)c1ccc(CO)cc1F. The minimum atomic E-state index is -3.99. The fourth-order valence-electron chi connectivity index (χ4n) is 1.42. The van der Waals surface area contributed by atoms with Crippen LogP contribution in [0.2, 0.25) is 0 Å². The van der Waals surface area contributed by atoms with E-state index in [2.05, 4.69) is 19.9 Å². The summed E-state index contributed by atoms with van der Waals surface area (Å²) in [5.41, 5.74) is 0.298. The number of nitrogens with one attached hydrogen (secondary N) is 2. The third-order valence-corrected chi connectivity index (χ3v) is 3.80. The normalized spacial score (nSPS) is 11.7.